The number of amides is 3. The van der Waals surface area contributed by atoms with Crippen molar-refractivity contribution in [3.63, 3.8) is 0 Å². The molecule has 37 heavy (non-hydrogen) atoms. The minimum absolute atomic E-state index is 0.134. The van der Waals surface area contributed by atoms with E-state index in [1.807, 2.05) is 42.7 Å². The standard InChI is InChI=1S/C29H39N3O4S/c1-3-4-5-9-17-32-25(27(34)30-19-11-7-6-8-12-19)29-16-15-22(36-29)23(24(29)28(32)35)26(33)31-20-13-10-14-21(18-20)37-2/h10,13-16,18-19,22-25H,3-9,11-12,17H2,1-2H3,(H,30,34)(H,31,33)/t22-,23?,24-,25?,29?/m1/s1. The average molecular weight is 526 g/mol. The number of ether oxygens (including phenoxy) is 1. The van der Waals surface area contributed by atoms with E-state index in [1.165, 1.54) is 6.42 Å². The molecule has 5 rings (SSSR count). The largest absolute Gasteiger partial charge is 0.359 e. The summed E-state index contributed by atoms with van der Waals surface area (Å²) in [5, 5.41) is 6.27. The summed E-state index contributed by atoms with van der Waals surface area (Å²) in [6.07, 6.45) is 14.7. The number of benzene rings is 1. The third-order valence-corrected chi connectivity index (χ3v) is 9.19. The second-order valence-corrected chi connectivity index (χ2v) is 11.7. The fraction of sp³-hybridized carbons (Fsp3) is 0.621. The molecule has 3 amide bonds. The van der Waals surface area contributed by atoms with Gasteiger partial charge >= 0.3 is 0 Å². The van der Waals surface area contributed by atoms with Crippen LogP contribution in [0.25, 0.3) is 0 Å². The molecule has 1 aliphatic carbocycles. The highest BCUT2D eigenvalue weighted by molar-refractivity contribution is 7.98. The van der Waals surface area contributed by atoms with E-state index in [1.54, 1.807) is 16.7 Å². The van der Waals surface area contributed by atoms with Gasteiger partial charge in [-0.2, -0.15) is 0 Å². The normalized spacial score (nSPS) is 30.5. The molecule has 4 aliphatic rings. The van der Waals surface area contributed by atoms with Gasteiger partial charge in [-0.05, 0) is 43.7 Å². The number of likely N-dealkylation sites (tertiary alicyclic amines) is 1. The molecule has 0 radical (unpaired) electrons. The summed E-state index contributed by atoms with van der Waals surface area (Å²) in [6.45, 7) is 2.66. The summed E-state index contributed by atoms with van der Waals surface area (Å²) < 4.78 is 6.45. The van der Waals surface area contributed by atoms with Gasteiger partial charge in [0, 0.05) is 23.2 Å². The first-order chi connectivity index (χ1) is 18.0. The summed E-state index contributed by atoms with van der Waals surface area (Å²) in [5.41, 5.74) is -0.389. The highest BCUT2D eigenvalue weighted by atomic mass is 32.2. The molecule has 200 valence electrons. The van der Waals surface area contributed by atoms with Crippen LogP contribution >= 0.6 is 11.8 Å². The summed E-state index contributed by atoms with van der Waals surface area (Å²) in [5.74, 6) is -1.87. The lowest BCUT2D eigenvalue weighted by atomic mass is 9.74. The van der Waals surface area contributed by atoms with Crippen molar-refractivity contribution in [1.82, 2.24) is 10.2 Å². The van der Waals surface area contributed by atoms with Gasteiger partial charge in [0.15, 0.2) is 0 Å². The highest BCUT2D eigenvalue weighted by Crippen LogP contribution is 2.55. The number of nitrogens with one attached hydrogen (secondary N) is 2. The minimum atomic E-state index is -1.09. The van der Waals surface area contributed by atoms with E-state index >= 15 is 0 Å². The summed E-state index contributed by atoms with van der Waals surface area (Å²) in [7, 11) is 0. The summed E-state index contributed by atoms with van der Waals surface area (Å²) in [4.78, 5) is 44.1. The van der Waals surface area contributed by atoms with Crippen molar-refractivity contribution in [2.75, 3.05) is 18.1 Å². The van der Waals surface area contributed by atoms with Gasteiger partial charge in [0.05, 0.1) is 17.9 Å². The lowest BCUT2D eigenvalue weighted by Gasteiger charge is -2.34. The van der Waals surface area contributed by atoms with Crippen LogP contribution in [0.2, 0.25) is 0 Å². The number of rotatable bonds is 10. The molecule has 3 aliphatic heterocycles. The van der Waals surface area contributed by atoms with Crippen LogP contribution in [0.1, 0.15) is 64.7 Å². The van der Waals surface area contributed by atoms with Crippen LogP contribution in [0.4, 0.5) is 5.69 Å². The van der Waals surface area contributed by atoms with Gasteiger partial charge in [-0.3, -0.25) is 14.4 Å². The molecule has 3 fully saturated rings. The van der Waals surface area contributed by atoms with Crippen LogP contribution in [-0.2, 0) is 19.1 Å². The fourth-order valence-corrected chi connectivity index (χ4v) is 7.13. The number of fused-ring (bicyclic) bond motifs is 1. The Hall–Kier alpha value is -2.32. The lowest BCUT2D eigenvalue weighted by molar-refractivity contribution is -0.141. The summed E-state index contributed by atoms with van der Waals surface area (Å²) >= 11 is 1.61. The topological polar surface area (TPSA) is 87.7 Å². The maximum Gasteiger partial charge on any atom is 0.246 e. The average Bonchev–Trinajstić information content (AvgIpc) is 3.54. The van der Waals surface area contributed by atoms with Crippen LogP contribution in [0, 0.1) is 11.8 Å². The van der Waals surface area contributed by atoms with Gasteiger partial charge in [0.25, 0.3) is 0 Å². The molecule has 3 heterocycles. The Morgan fingerprint density at radius 1 is 1.14 bits per heavy atom. The molecule has 2 saturated heterocycles. The van der Waals surface area contributed by atoms with E-state index in [-0.39, 0.29) is 23.8 Å². The Morgan fingerprint density at radius 3 is 2.70 bits per heavy atom. The maximum absolute atomic E-state index is 14.0. The number of nitrogens with zero attached hydrogens (tertiary/aromatic N) is 1. The predicted molar refractivity (Wildman–Crippen MR) is 145 cm³/mol. The van der Waals surface area contributed by atoms with Crippen molar-refractivity contribution in [2.24, 2.45) is 11.8 Å². The van der Waals surface area contributed by atoms with Gasteiger partial charge in [0.1, 0.15) is 11.6 Å². The Bertz CT molecular complexity index is 1060. The van der Waals surface area contributed by atoms with Crippen molar-refractivity contribution in [2.45, 2.75) is 93.4 Å². The monoisotopic (exact) mass is 525 g/mol. The first-order valence-electron chi connectivity index (χ1n) is 13.9. The van der Waals surface area contributed by atoms with Crippen molar-refractivity contribution in [1.29, 1.82) is 0 Å². The van der Waals surface area contributed by atoms with Gasteiger partial charge < -0.3 is 20.3 Å². The number of hydrogen-bond donors (Lipinski definition) is 2. The smallest absolute Gasteiger partial charge is 0.246 e. The molecule has 1 aromatic carbocycles. The molecule has 1 aromatic rings. The third-order valence-electron chi connectivity index (χ3n) is 8.47. The molecule has 1 saturated carbocycles. The molecule has 2 bridgehead atoms. The van der Waals surface area contributed by atoms with Gasteiger partial charge in [-0.15, -0.1) is 11.8 Å². The molecular formula is C29H39N3O4S. The predicted octanol–water partition coefficient (Wildman–Crippen LogP) is 4.53. The first-order valence-corrected chi connectivity index (χ1v) is 15.1. The number of anilines is 1. The second-order valence-electron chi connectivity index (χ2n) is 10.9. The Morgan fingerprint density at radius 2 is 1.95 bits per heavy atom. The molecule has 1 spiro atoms. The van der Waals surface area contributed by atoms with Crippen LogP contribution < -0.4 is 10.6 Å². The van der Waals surface area contributed by atoms with E-state index < -0.39 is 29.6 Å². The van der Waals surface area contributed by atoms with E-state index in [0.29, 0.717) is 12.2 Å². The van der Waals surface area contributed by atoms with Crippen LogP contribution in [-0.4, -0.2) is 59.2 Å². The van der Waals surface area contributed by atoms with Crippen molar-refractivity contribution in [3.8, 4) is 0 Å². The number of unbranched alkanes of at least 4 members (excludes halogenated alkanes) is 3. The maximum atomic E-state index is 14.0. The first kappa shape index (κ1) is 26.3. The number of carbonyl (C=O) groups is 3. The second kappa shape index (κ2) is 11.2. The van der Waals surface area contributed by atoms with Crippen molar-refractivity contribution in [3.05, 3.63) is 36.4 Å². The van der Waals surface area contributed by atoms with Crippen LogP contribution in [0.5, 0.6) is 0 Å². The zero-order chi connectivity index (χ0) is 26.0. The molecule has 2 N–H and O–H groups in total. The van der Waals surface area contributed by atoms with E-state index in [2.05, 4.69) is 17.6 Å². The Labute approximate surface area is 224 Å². The van der Waals surface area contributed by atoms with Crippen LogP contribution in [0.15, 0.2) is 41.3 Å². The van der Waals surface area contributed by atoms with Gasteiger partial charge in [-0.25, -0.2) is 0 Å². The Kier molecular flexibility index (Phi) is 7.96. The van der Waals surface area contributed by atoms with Gasteiger partial charge in [-0.1, -0.05) is 63.7 Å². The molecular weight excluding hydrogens is 486 g/mol. The lowest BCUT2D eigenvalue weighted by Crippen LogP contribution is -2.56. The molecule has 8 heteroatoms. The molecule has 7 nitrogen and oxygen atoms in total. The van der Waals surface area contributed by atoms with E-state index in [9.17, 15) is 14.4 Å². The van der Waals surface area contributed by atoms with Gasteiger partial charge in [0.2, 0.25) is 17.7 Å². The quantitative estimate of drug-likeness (QED) is 0.266. The highest BCUT2D eigenvalue weighted by Gasteiger charge is 2.72. The van der Waals surface area contributed by atoms with E-state index in [4.69, 9.17) is 4.74 Å². The van der Waals surface area contributed by atoms with Crippen molar-refractivity contribution < 1.29 is 19.1 Å². The SMILES string of the molecule is CCCCCCN1C(=O)[C@H]2C(C(=O)Nc3cccc(SC)c3)[C@H]3C=CC2(O3)C1C(=O)NC1CCCCC1. The zero-order valence-corrected chi connectivity index (χ0v) is 22.7. The summed E-state index contributed by atoms with van der Waals surface area (Å²) in [6, 6.07) is 7.08. The Balaban J connectivity index is 1.40. The minimum Gasteiger partial charge on any atom is -0.359 e. The molecule has 3 unspecified atom stereocenters. The number of thioether (sulfide) groups is 1. The fourth-order valence-electron chi connectivity index (χ4n) is 6.67. The number of carbonyl (C=O) groups excluding carboxylic acids is 3. The zero-order valence-electron chi connectivity index (χ0n) is 21.9. The third kappa shape index (κ3) is 4.94. The molecule has 0 aromatic heterocycles. The molecule has 5 atom stereocenters. The number of hydrogen-bond acceptors (Lipinski definition) is 5. The van der Waals surface area contributed by atoms with Crippen LogP contribution in [0.3, 0.4) is 0 Å². The van der Waals surface area contributed by atoms with Crippen molar-refractivity contribution >= 4 is 35.2 Å². The van der Waals surface area contributed by atoms with E-state index in [0.717, 1.165) is 56.3 Å².